The number of rotatable bonds is 1. The molecule has 17 heavy (non-hydrogen) atoms. The number of phenols is 1. The van der Waals surface area contributed by atoms with Crippen LogP contribution in [0.4, 0.5) is 5.69 Å². The Balaban J connectivity index is 1.76. The fraction of sp³-hybridized carbons (Fsp3) is 0.538. The van der Waals surface area contributed by atoms with Crippen LogP contribution in [0.3, 0.4) is 0 Å². The second-order valence-electron chi connectivity index (χ2n) is 4.70. The molecular weight excluding hydrogens is 216 g/mol. The van der Waals surface area contributed by atoms with E-state index in [2.05, 4.69) is 9.80 Å². The molecule has 2 aliphatic heterocycles. The maximum atomic E-state index is 9.87. The van der Waals surface area contributed by atoms with Crippen LogP contribution in [0.1, 0.15) is 0 Å². The monoisotopic (exact) mass is 234 g/mol. The van der Waals surface area contributed by atoms with E-state index in [4.69, 9.17) is 4.74 Å². The first-order valence-electron chi connectivity index (χ1n) is 6.19. The summed E-state index contributed by atoms with van der Waals surface area (Å²) < 4.78 is 5.52. The quantitative estimate of drug-likeness (QED) is 0.783. The van der Waals surface area contributed by atoms with Gasteiger partial charge in [-0.05, 0) is 12.1 Å². The Morgan fingerprint density at radius 2 is 2.06 bits per heavy atom. The van der Waals surface area contributed by atoms with E-state index in [0.717, 1.165) is 45.1 Å². The number of anilines is 1. The number of nitrogens with zero attached hydrogens (tertiary/aromatic N) is 2. The number of ether oxygens (including phenoxy) is 1. The van der Waals surface area contributed by atoms with Crippen molar-refractivity contribution in [1.29, 1.82) is 0 Å². The molecule has 0 aliphatic carbocycles. The third-order valence-corrected chi connectivity index (χ3v) is 3.66. The summed E-state index contributed by atoms with van der Waals surface area (Å²) in [4.78, 5) is 4.74. The number of aromatic hydroxyl groups is 1. The van der Waals surface area contributed by atoms with Gasteiger partial charge in [-0.2, -0.15) is 0 Å². The first kappa shape index (κ1) is 10.9. The Kier molecular flexibility index (Phi) is 2.91. The van der Waals surface area contributed by atoms with Crippen molar-refractivity contribution in [2.24, 2.45) is 0 Å². The minimum Gasteiger partial charge on any atom is -0.506 e. The highest BCUT2D eigenvalue weighted by molar-refractivity contribution is 5.58. The number of piperazine rings is 1. The van der Waals surface area contributed by atoms with E-state index in [9.17, 15) is 5.11 Å². The molecule has 0 amide bonds. The van der Waals surface area contributed by atoms with E-state index in [0.29, 0.717) is 11.8 Å². The third kappa shape index (κ3) is 2.10. The van der Waals surface area contributed by atoms with Crippen molar-refractivity contribution in [1.82, 2.24) is 4.90 Å². The minimum atomic E-state index is 0.373. The van der Waals surface area contributed by atoms with Gasteiger partial charge < -0.3 is 14.7 Å². The first-order valence-corrected chi connectivity index (χ1v) is 6.19. The van der Waals surface area contributed by atoms with Crippen LogP contribution in [0, 0.1) is 0 Å². The van der Waals surface area contributed by atoms with Crippen molar-refractivity contribution in [2.45, 2.75) is 6.04 Å². The summed E-state index contributed by atoms with van der Waals surface area (Å²) >= 11 is 0. The van der Waals surface area contributed by atoms with Crippen LogP contribution in [0.5, 0.6) is 5.75 Å². The average Bonchev–Trinajstić information content (AvgIpc) is 2.39. The Morgan fingerprint density at radius 1 is 1.18 bits per heavy atom. The minimum absolute atomic E-state index is 0.373. The van der Waals surface area contributed by atoms with Crippen molar-refractivity contribution < 1.29 is 9.84 Å². The molecule has 92 valence electrons. The topological polar surface area (TPSA) is 35.9 Å². The number of hydrogen-bond donors (Lipinski definition) is 1. The third-order valence-electron chi connectivity index (χ3n) is 3.66. The molecule has 4 nitrogen and oxygen atoms in total. The summed E-state index contributed by atoms with van der Waals surface area (Å²) in [7, 11) is 0. The standard InChI is InChI=1S/C13H18N2O2/c16-13-4-2-1-3-12(13)15-6-5-14-7-8-17-10-11(14)9-15/h1-4,11,16H,5-10H2/t11-/m1/s1. The lowest BCUT2D eigenvalue weighted by molar-refractivity contribution is -0.0117. The average molecular weight is 234 g/mol. The van der Waals surface area contributed by atoms with Gasteiger partial charge in [0.2, 0.25) is 0 Å². The van der Waals surface area contributed by atoms with Crippen LogP contribution in [0.25, 0.3) is 0 Å². The van der Waals surface area contributed by atoms with Crippen LogP contribution in [0.15, 0.2) is 24.3 Å². The number of para-hydroxylation sites is 2. The predicted octanol–water partition coefficient (Wildman–Crippen LogP) is 0.913. The van der Waals surface area contributed by atoms with Crippen molar-refractivity contribution in [2.75, 3.05) is 44.3 Å². The molecule has 0 saturated carbocycles. The lowest BCUT2D eigenvalue weighted by Gasteiger charge is -2.44. The molecule has 2 heterocycles. The summed E-state index contributed by atoms with van der Waals surface area (Å²) in [6.45, 7) is 5.68. The van der Waals surface area contributed by atoms with Crippen molar-refractivity contribution >= 4 is 5.69 Å². The highest BCUT2D eigenvalue weighted by Gasteiger charge is 2.30. The fourth-order valence-electron chi connectivity index (χ4n) is 2.70. The molecule has 1 atom stereocenters. The predicted molar refractivity (Wildman–Crippen MR) is 66.5 cm³/mol. The first-order chi connectivity index (χ1) is 8.34. The van der Waals surface area contributed by atoms with E-state index in [1.54, 1.807) is 6.07 Å². The van der Waals surface area contributed by atoms with Crippen molar-refractivity contribution in [3.05, 3.63) is 24.3 Å². The number of phenolic OH excluding ortho intramolecular Hbond substituents is 1. The Hall–Kier alpha value is -1.26. The lowest BCUT2D eigenvalue weighted by atomic mass is 10.1. The van der Waals surface area contributed by atoms with Crippen molar-refractivity contribution in [3.8, 4) is 5.75 Å². The largest absolute Gasteiger partial charge is 0.506 e. The highest BCUT2D eigenvalue weighted by atomic mass is 16.5. The smallest absolute Gasteiger partial charge is 0.138 e. The zero-order valence-electron chi connectivity index (χ0n) is 9.88. The van der Waals surface area contributed by atoms with Gasteiger partial charge in [0.15, 0.2) is 0 Å². The number of fused-ring (bicyclic) bond motifs is 1. The van der Waals surface area contributed by atoms with Crippen LogP contribution in [-0.2, 0) is 4.74 Å². The number of benzene rings is 1. The van der Waals surface area contributed by atoms with Gasteiger partial charge in [-0.3, -0.25) is 4.90 Å². The summed E-state index contributed by atoms with van der Waals surface area (Å²) in [5, 5.41) is 9.87. The van der Waals surface area contributed by atoms with Crippen LogP contribution >= 0.6 is 0 Å². The lowest BCUT2D eigenvalue weighted by Crippen LogP contribution is -2.58. The van der Waals surface area contributed by atoms with E-state index in [-0.39, 0.29) is 0 Å². The molecule has 1 aromatic rings. The molecule has 0 bridgehead atoms. The van der Waals surface area contributed by atoms with Gasteiger partial charge in [-0.1, -0.05) is 12.1 Å². The van der Waals surface area contributed by atoms with E-state index in [1.165, 1.54) is 0 Å². The van der Waals surface area contributed by atoms with Crippen molar-refractivity contribution in [3.63, 3.8) is 0 Å². The van der Waals surface area contributed by atoms with Crippen LogP contribution < -0.4 is 4.90 Å². The molecule has 3 rings (SSSR count). The second kappa shape index (κ2) is 4.55. The maximum Gasteiger partial charge on any atom is 0.138 e. The van der Waals surface area contributed by atoms with E-state index in [1.807, 2.05) is 18.2 Å². The molecule has 4 heteroatoms. The normalized spacial score (nSPS) is 25.6. The van der Waals surface area contributed by atoms with Gasteiger partial charge in [0.25, 0.3) is 0 Å². The molecule has 0 spiro atoms. The Labute approximate surface area is 101 Å². The molecule has 2 saturated heterocycles. The zero-order valence-corrected chi connectivity index (χ0v) is 9.88. The molecular formula is C13H18N2O2. The van der Waals surface area contributed by atoms with Gasteiger partial charge in [0.05, 0.1) is 24.9 Å². The summed E-state index contributed by atoms with van der Waals surface area (Å²) in [5.74, 6) is 0.373. The Morgan fingerprint density at radius 3 is 2.94 bits per heavy atom. The summed E-state index contributed by atoms with van der Waals surface area (Å²) in [6, 6.07) is 8.03. The van der Waals surface area contributed by atoms with Crippen LogP contribution in [-0.4, -0.2) is 55.4 Å². The zero-order chi connectivity index (χ0) is 11.7. The van der Waals surface area contributed by atoms with Gasteiger partial charge in [-0.15, -0.1) is 0 Å². The van der Waals surface area contributed by atoms with Crippen LogP contribution in [0.2, 0.25) is 0 Å². The summed E-state index contributed by atoms with van der Waals surface area (Å²) in [6.07, 6.45) is 0. The second-order valence-corrected chi connectivity index (χ2v) is 4.70. The summed E-state index contributed by atoms with van der Waals surface area (Å²) in [5.41, 5.74) is 0.942. The van der Waals surface area contributed by atoms with Gasteiger partial charge in [0, 0.05) is 26.2 Å². The van der Waals surface area contributed by atoms with E-state index >= 15 is 0 Å². The molecule has 2 aliphatic rings. The molecule has 1 aromatic carbocycles. The molecule has 0 aromatic heterocycles. The molecule has 2 fully saturated rings. The SMILES string of the molecule is Oc1ccccc1N1CCN2CCOC[C@H]2C1. The Bertz CT molecular complexity index is 397. The number of hydrogen-bond acceptors (Lipinski definition) is 4. The number of morpholine rings is 1. The molecule has 1 N–H and O–H groups in total. The maximum absolute atomic E-state index is 9.87. The van der Waals surface area contributed by atoms with Gasteiger partial charge in [0.1, 0.15) is 5.75 Å². The van der Waals surface area contributed by atoms with E-state index < -0.39 is 0 Å². The van der Waals surface area contributed by atoms with Gasteiger partial charge >= 0.3 is 0 Å². The fourth-order valence-corrected chi connectivity index (χ4v) is 2.70. The van der Waals surface area contributed by atoms with Gasteiger partial charge in [-0.25, -0.2) is 0 Å². The molecule has 0 unspecified atom stereocenters. The highest BCUT2D eigenvalue weighted by Crippen LogP contribution is 2.28. The molecule has 0 radical (unpaired) electrons.